The van der Waals surface area contributed by atoms with Crippen molar-refractivity contribution in [1.82, 2.24) is 0 Å². The molecule has 0 spiro atoms. The Morgan fingerprint density at radius 3 is 2.50 bits per heavy atom. The highest BCUT2D eigenvalue weighted by Crippen LogP contribution is 2.65. The van der Waals surface area contributed by atoms with Gasteiger partial charge in [-0.2, -0.15) is 0 Å². The topological polar surface area (TPSA) is 43.4 Å². The first-order chi connectivity index (χ1) is 9.24. The van der Waals surface area contributed by atoms with Gasteiger partial charge in [-0.1, -0.05) is 13.8 Å². The van der Waals surface area contributed by atoms with Crippen molar-refractivity contribution in [3.63, 3.8) is 0 Å². The first kappa shape index (κ1) is 14.6. The molecule has 0 aromatic heterocycles. The Hall–Kier alpha value is -0.280. The first-order valence-corrected chi connectivity index (χ1v) is 8.02. The molecule has 20 heavy (non-hydrogen) atoms. The lowest BCUT2D eigenvalue weighted by atomic mass is 9.48. The van der Waals surface area contributed by atoms with Crippen LogP contribution in [0.1, 0.15) is 33.1 Å². The number of methoxy groups -OCH3 is 1. The summed E-state index contributed by atoms with van der Waals surface area (Å²) >= 11 is 12.6. The summed E-state index contributed by atoms with van der Waals surface area (Å²) in [4.78, 5) is 25.1. The van der Waals surface area contributed by atoms with E-state index in [0.29, 0.717) is 6.42 Å². The van der Waals surface area contributed by atoms with Gasteiger partial charge in [-0.05, 0) is 30.6 Å². The van der Waals surface area contributed by atoms with Crippen molar-refractivity contribution in [2.24, 2.45) is 28.6 Å². The van der Waals surface area contributed by atoms with Gasteiger partial charge in [0.05, 0.1) is 29.2 Å². The molecule has 0 radical (unpaired) electrons. The highest BCUT2D eigenvalue weighted by atomic mass is 35.5. The highest BCUT2D eigenvalue weighted by Gasteiger charge is 2.73. The zero-order chi connectivity index (χ0) is 14.9. The number of ether oxygens (including phenoxy) is 1. The van der Waals surface area contributed by atoms with E-state index in [-0.39, 0.29) is 29.0 Å². The molecule has 3 aliphatic rings. The zero-order valence-electron chi connectivity index (χ0n) is 12.0. The Bertz CT molecular complexity index is 476. The normalized spacial score (nSPS) is 49.0. The number of carbonyl (C=O) groups excluding carboxylic acids is 2. The lowest BCUT2D eigenvalue weighted by molar-refractivity contribution is -0.177. The van der Waals surface area contributed by atoms with Gasteiger partial charge in [0.25, 0.3) is 0 Å². The van der Waals surface area contributed by atoms with E-state index in [4.69, 9.17) is 27.9 Å². The average molecular weight is 319 g/mol. The summed E-state index contributed by atoms with van der Waals surface area (Å²) in [6, 6.07) is 0. The number of hydrogen-bond donors (Lipinski definition) is 0. The quantitative estimate of drug-likeness (QED) is 0.551. The van der Waals surface area contributed by atoms with Crippen LogP contribution in [0.5, 0.6) is 0 Å². The van der Waals surface area contributed by atoms with Crippen LogP contribution in [0.2, 0.25) is 0 Å². The van der Waals surface area contributed by atoms with E-state index in [9.17, 15) is 9.59 Å². The second-order valence-corrected chi connectivity index (χ2v) is 8.38. The molecule has 3 aliphatic carbocycles. The average Bonchev–Trinajstić information content (AvgIpc) is 2.71. The van der Waals surface area contributed by atoms with Crippen LogP contribution in [0.3, 0.4) is 0 Å². The van der Waals surface area contributed by atoms with Gasteiger partial charge in [-0.25, -0.2) is 0 Å². The number of esters is 1. The maximum absolute atomic E-state index is 12.8. The van der Waals surface area contributed by atoms with Crippen LogP contribution in [0.15, 0.2) is 0 Å². The summed E-state index contributed by atoms with van der Waals surface area (Å²) in [5.41, 5.74) is -0.739. The number of fused-ring (bicyclic) bond motifs is 2. The monoisotopic (exact) mass is 318 g/mol. The fourth-order valence-electron chi connectivity index (χ4n) is 4.86. The maximum Gasteiger partial charge on any atom is 0.314 e. The summed E-state index contributed by atoms with van der Waals surface area (Å²) in [6.07, 6.45) is 2.49. The number of rotatable bonds is 1. The smallest absolute Gasteiger partial charge is 0.314 e. The largest absolute Gasteiger partial charge is 0.469 e. The van der Waals surface area contributed by atoms with Gasteiger partial charge in [-0.3, -0.25) is 9.59 Å². The molecule has 3 fully saturated rings. The van der Waals surface area contributed by atoms with E-state index in [1.54, 1.807) is 0 Å². The molecule has 0 bridgehead atoms. The number of alkyl halides is 2. The molecule has 0 heterocycles. The molecule has 112 valence electrons. The Morgan fingerprint density at radius 2 is 1.90 bits per heavy atom. The Labute approximate surface area is 129 Å². The van der Waals surface area contributed by atoms with E-state index < -0.39 is 22.1 Å². The standard InChI is InChI=1S/C15H20Cl2O3/c1-14(2)4-7-5-15(13(19)20-3)9(10(16)12(15)17)11(18)8(7)6-14/h7-10,12H,4-6H2,1-3H3/t7-,8-,9+,10?,12?,15+/m0/s1. The lowest BCUT2D eigenvalue weighted by Crippen LogP contribution is -2.70. The molecule has 3 saturated carbocycles. The summed E-state index contributed by atoms with van der Waals surface area (Å²) in [6.45, 7) is 4.36. The number of Topliss-reactive ketones (excluding diaryl/α,β-unsaturated/α-hetero) is 1. The van der Waals surface area contributed by atoms with Crippen molar-refractivity contribution in [3.8, 4) is 0 Å². The van der Waals surface area contributed by atoms with Crippen LogP contribution in [0.25, 0.3) is 0 Å². The van der Waals surface area contributed by atoms with E-state index >= 15 is 0 Å². The van der Waals surface area contributed by atoms with E-state index in [1.165, 1.54) is 7.11 Å². The van der Waals surface area contributed by atoms with Crippen LogP contribution in [-0.4, -0.2) is 29.6 Å². The fraction of sp³-hybridized carbons (Fsp3) is 0.867. The predicted molar refractivity (Wildman–Crippen MR) is 76.8 cm³/mol. The van der Waals surface area contributed by atoms with Crippen molar-refractivity contribution in [2.75, 3.05) is 7.11 Å². The van der Waals surface area contributed by atoms with Crippen molar-refractivity contribution in [2.45, 2.75) is 43.9 Å². The van der Waals surface area contributed by atoms with Crippen LogP contribution in [0, 0.1) is 28.6 Å². The maximum atomic E-state index is 12.8. The lowest BCUT2D eigenvalue weighted by Gasteiger charge is -2.58. The predicted octanol–water partition coefficient (Wildman–Crippen LogP) is 3.02. The molecular weight excluding hydrogens is 299 g/mol. The first-order valence-electron chi connectivity index (χ1n) is 7.15. The molecule has 5 heteroatoms. The van der Waals surface area contributed by atoms with Crippen molar-refractivity contribution in [3.05, 3.63) is 0 Å². The molecule has 6 atom stereocenters. The van der Waals surface area contributed by atoms with Crippen LogP contribution < -0.4 is 0 Å². The van der Waals surface area contributed by atoms with Crippen molar-refractivity contribution < 1.29 is 14.3 Å². The van der Waals surface area contributed by atoms with Crippen LogP contribution in [0.4, 0.5) is 0 Å². The number of carbonyl (C=O) groups is 2. The molecule has 0 N–H and O–H groups in total. The molecule has 2 unspecified atom stereocenters. The third kappa shape index (κ3) is 1.65. The minimum Gasteiger partial charge on any atom is -0.469 e. The number of hydrogen-bond acceptors (Lipinski definition) is 3. The summed E-state index contributed by atoms with van der Waals surface area (Å²) in [7, 11) is 1.36. The number of halogens is 2. The molecule has 0 amide bonds. The van der Waals surface area contributed by atoms with Gasteiger partial charge in [0, 0.05) is 5.92 Å². The van der Waals surface area contributed by atoms with Gasteiger partial charge in [0.2, 0.25) is 0 Å². The molecule has 3 rings (SSSR count). The highest BCUT2D eigenvalue weighted by molar-refractivity contribution is 6.35. The molecule has 0 saturated heterocycles. The van der Waals surface area contributed by atoms with Gasteiger partial charge >= 0.3 is 5.97 Å². The second kappa shape index (κ2) is 4.36. The second-order valence-electron chi connectivity index (χ2n) is 7.40. The molecular formula is C15H20Cl2O3. The molecule has 0 aromatic rings. The van der Waals surface area contributed by atoms with Gasteiger partial charge in [0.15, 0.2) is 0 Å². The number of ketones is 1. The van der Waals surface area contributed by atoms with E-state index in [2.05, 4.69) is 13.8 Å². The Kier molecular flexibility index (Phi) is 3.19. The molecule has 3 nitrogen and oxygen atoms in total. The summed E-state index contributed by atoms with van der Waals surface area (Å²) in [5.74, 6) is -0.421. The zero-order valence-corrected chi connectivity index (χ0v) is 13.5. The van der Waals surface area contributed by atoms with E-state index in [1.807, 2.05) is 0 Å². The Balaban J connectivity index is 1.99. The minimum atomic E-state index is -0.888. The van der Waals surface area contributed by atoms with Crippen LogP contribution in [-0.2, 0) is 14.3 Å². The van der Waals surface area contributed by atoms with Crippen molar-refractivity contribution >= 4 is 35.0 Å². The van der Waals surface area contributed by atoms with Crippen molar-refractivity contribution in [1.29, 1.82) is 0 Å². The molecule has 0 aromatic carbocycles. The minimum absolute atomic E-state index is 0.0400. The molecule has 0 aliphatic heterocycles. The Morgan fingerprint density at radius 1 is 1.25 bits per heavy atom. The van der Waals surface area contributed by atoms with Gasteiger partial charge < -0.3 is 4.74 Å². The SMILES string of the molecule is COC(=O)[C@]12C[C@@H]3CC(C)(C)C[C@@H]3C(=O)[C@H]1C(Cl)C2Cl. The summed E-state index contributed by atoms with van der Waals surface area (Å²) < 4.78 is 4.95. The summed E-state index contributed by atoms with van der Waals surface area (Å²) in [5, 5.41) is -0.955. The fourth-order valence-corrected chi connectivity index (χ4v) is 5.90. The van der Waals surface area contributed by atoms with Gasteiger partial charge in [0.1, 0.15) is 5.78 Å². The third-order valence-corrected chi connectivity index (χ3v) is 6.93. The van der Waals surface area contributed by atoms with E-state index in [0.717, 1.165) is 12.8 Å². The third-order valence-electron chi connectivity index (χ3n) is 5.64. The van der Waals surface area contributed by atoms with Gasteiger partial charge in [-0.15, -0.1) is 23.2 Å². The van der Waals surface area contributed by atoms with Crippen LogP contribution >= 0.6 is 23.2 Å².